The van der Waals surface area contributed by atoms with Crippen molar-refractivity contribution in [3.63, 3.8) is 0 Å². The van der Waals surface area contributed by atoms with Crippen LogP contribution in [0.3, 0.4) is 0 Å². The van der Waals surface area contributed by atoms with Crippen molar-refractivity contribution >= 4 is 5.78 Å². The van der Waals surface area contributed by atoms with Crippen LogP contribution < -0.4 is 0 Å². The molecule has 0 N–H and O–H groups in total. The van der Waals surface area contributed by atoms with Crippen LogP contribution in [0, 0.1) is 12.8 Å². The highest BCUT2D eigenvalue weighted by Crippen LogP contribution is 2.23. The molecule has 0 saturated carbocycles. The maximum Gasteiger partial charge on any atom is 0.163 e. The van der Waals surface area contributed by atoms with Crippen molar-refractivity contribution in [1.82, 2.24) is 4.90 Å². The van der Waals surface area contributed by atoms with Crippen LogP contribution in [0.1, 0.15) is 40.7 Å². The van der Waals surface area contributed by atoms with E-state index in [9.17, 15) is 4.79 Å². The predicted molar refractivity (Wildman–Crippen MR) is 91.9 cm³/mol. The number of rotatable bonds is 8. The molecule has 1 fully saturated rings. The van der Waals surface area contributed by atoms with Gasteiger partial charge in [-0.3, -0.25) is 9.69 Å². The molecule has 0 bridgehead atoms. The summed E-state index contributed by atoms with van der Waals surface area (Å²) in [5, 5.41) is 0. The zero-order valence-corrected chi connectivity index (χ0v) is 14.6. The van der Waals surface area contributed by atoms with Gasteiger partial charge in [0, 0.05) is 45.4 Å². The molecule has 1 aliphatic heterocycles. The van der Waals surface area contributed by atoms with E-state index in [1.807, 2.05) is 6.92 Å². The second-order valence-electron chi connectivity index (χ2n) is 6.56. The van der Waals surface area contributed by atoms with Crippen LogP contribution in [0.15, 0.2) is 18.2 Å². The minimum Gasteiger partial charge on any atom is -0.383 e. The standard InChI is InChI=1S/C19H29NO3/c1-15-4-5-17(14-20(2)8-11-22-3)12-18(15)19(21)13-16-6-9-23-10-7-16/h4-5,12,16H,6-11,13-14H2,1-3H3. The molecule has 1 saturated heterocycles. The first-order valence-electron chi connectivity index (χ1n) is 8.48. The number of methoxy groups -OCH3 is 1. The Balaban J connectivity index is 1.99. The maximum atomic E-state index is 12.7. The first-order chi connectivity index (χ1) is 11.1. The van der Waals surface area contributed by atoms with Crippen molar-refractivity contribution < 1.29 is 14.3 Å². The molecule has 1 aromatic rings. The van der Waals surface area contributed by atoms with Crippen molar-refractivity contribution in [1.29, 1.82) is 0 Å². The molecular weight excluding hydrogens is 290 g/mol. The van der Waals surface area contributed by atoms with Gasteiger partial charge in [-0.25, -0.2) is 0 Å². The van der Waals surface area contributed by atoms with Crippen LogP contribution in [-0.4, -0.2) is 51.2 Å². The van der Waals surface area contributed by atoms with Crippen LogP contribution in [0.5, 0.6) is 0 Å². The summed E-state index contributed by atoms with van der Waals surface area (Å²) in [5.41, 5.74) is 3.14. The smallest absolute Gasteiger partial charge is 0.163 e. The van der Waals surface area contributed by atoms with Crippen LogP contribution in [0.4, 0.5) is 0 Å². The van der Waals surface area contributed by atoms with Gasteiger partial charge in [-0.15, -0.1) is 0 Å². The molecule has 1 aromatic carbocycles. The fourth-order valence-corrected chi connectivity index (χ4v) is 3.03. The fraction of sp³-hybridized carbons (Fsp3) is 0.632. The highest BCUT2D eigenvalue weighted by Gasteiger charge is 2.19. The molecule has 0 aliphatic carbocycles. The van der Waals surface area contributed by atoms with E-state index in [1.54, 1.807) is 7.11 Å². The molecule has 4 nitrogen and oxygen atoms in total. The Morgan fingerprint density at radius 2 is 2.09 bits per heavy atom. The van der Waals surface area contributed by atoms with Gasteiger partial charge in [0.2, 0.25) is 0 Å². The zero-order chi connectivity index (χ0) is 16.7. The van der Waals surface area contributed by atoms with Gasteiger partial charge >= 0.3 is 0 Å². The van der Waals surface area contributed by atoms with E-state index in [4.69, 9.17) is 9.47 Å². The first kappa shape index (κ1) is 18.1. The summed E-state index contributed by atoms with van der Waals surface area (Å²) in [4.78, 5) is 14.9. The van der Waals surface area contributed by atoms with E-state index >= 15 is 0 Å². The highest BCUT2D eigenvalue weighted by atomic mass is 16.5. The second-order valence-corrected chi connectivity index (χ2v) is 6.56. The number of likely N-dealkylation sites (N-methyl/N-ethyl adjacent to an activating group) is 1. The molecule has 0 spiro atoms. The Morgan fingerprint density at radius 3 is 2.78 bits per heavy atom. The average Bonchev–Trinajstić information content (AvgIpc) is 2.55. The van der Waals surface area contributed by atoms with E-state index < -0.39 is 0 Å². The topological polar surface area (TPSA) is 38.8 Å². The van der Waals surface area contributed by atoms with E-state index in [0.29, 0.717) is 12.3 Å². The molecule has 0 aromatic heterocycles. The molecule has 0 radical (unpaired) electrons. The largest absolute Gasteiger partial charge is 0.383 e. The van der Waals surface area contributed by atoms with E-state index in [-0.39, 0.29) is 5.78 Å². The molecule has 128 valence electrons. The summed E-state index contributed by atoms with van der Waals surface area (Å²) in [6, 6.07) is 6.25. The number of carbonyl (C=O) groups is 1. The molecule has 2 rings (SSSR count). The number of hydrogen-bond acceptors (Lipinski definition) is 4. The monoisotopic (exact) mass is 319 g/mol. The van der Waals surface area contributed by atoms with Crippen LogP contribution in [-0.2, 0) is 16.0 Å². The Morgan fingerprint density at radius 1 is 1.35 bits per heavy atom. The third-order valence-electron chi connectivity index (χ3n) is 4.55. The molecular formula is C19H29NO3. The zero-order valence-electron chi connectivity index (χ0n) is 14.6. The van der Waals surface area contributed by atoms with Crippen LogP contribution in [0.25, 0.3) is 0 Å². The van der Waals surface area contributed by atoms with Gasteiger partial charge in [-0.1, -0.05) is 12.1 Å². The van der Waals surface area contributed by atoms with E-state index in [1.165, 1.54) is 5.56 Å². The lowest BCUT2D eigenvalue weighted by Crippen LogP contribution is -2.22. The van der Waals surface area contributed by atoms with Crippen LogP contribution >= 0.6 is 0 Å². The molecule has 0 amide bonds. The Labute approximate surface area is 139 Å². The Bertz CT molecular complexity index is 509. The van der Waals surface area contributed by atoms with Crippen molar-refractivity contribution in [2.45, 2.75) is 32.7 Å². The van der Waals surface area contributed by atoms with E-state index in [0.717, 1.165) is 56.9 Å². The molecule has 23 heavy (non-hydrogen) atoms. The minimum atomic E-state index is 0.274. The lowest BCUT2D eigenvalue weighted by Gasteiger charge is -2.22. The predicted octanol–water partition coefficient (Wildman–Crippen LogP) is 3.07. The van der Waals surface area contributed by atoms with Gasteiger partial charge in [0.1, 0.15) is 0 Å². The number of aryl methyl sites for hydroxylation is 1. The summed E-state index contributed by atoms with van der Waals surface area (Å²) in [6.07, 6.45) is 2.65. The van der Waals surface area contributed by atoms with Gasteiger partial charge in [0.15, 0.2) is 5.78 Å². The highest BCUT2D eigenvalue weighted by molar-refractivity contribution is 5.97. The maximum absolute atomic E-state index is 12.7. The Hall–Kier alpha value is -1.23. The van der Waals surface area contributed by atoms with E-state index in [2.05, 4.69) is 30.1 Å². The summed E-state index contributed by atoms with van der Waals surface area (Å²) in [7, 11) is 3.79. The average molecular weight is 319 g/mol. The SMILES string of the molecule is COCCN(C)Cc1ccc(C)c(C(=O)CC2CCOCC2)c1. The lowest BCUT2D eigenvalue weighted by atomic mass is 9.90. The summed E-state index contributed by atoms with van der Waals surface area (Å²) in [6.45, 7) is 6.05. The number of ether oxygens (including phenoxy) is 2. The van der Waals surface area contributed by atoms with Crippen LogP contribution in [0.2, 0.25) is 0 Å². The third kappa shape index (κ3) is 5.72. The Kier molecular flexibility index (Phi) is 7.21. The number of benzene rings is 1. The third-order valence-corrected chi connectivity index (χ3v) is 4.55. The minimum absolute atomic E-state index is 0.274. The number of carbonyl (C=O) groups excluding carboxylic acids is 1. The number of hydrogen-bond donors (Lipinski definition) is 0. The summed E-state index contributed by atoms with van der Waals surface area (Å²) >= 11 is 0. The van der Waals surface area contributed by atoms with Gasteiger partial charge in [0.05, 0.1) is 6.61 Å². The van der Waals surface area contributed by atoms with Gasteiger partial charge in [0.25, 0.3) is 0 Å². The number of Topliss-reactive ketones (excluding diaryl/α,β-unsaturated/α-hetero) is 1. The van der Waals surface area contributed by atoms with Gasteiger partial charge in [-0.2, -0.15) is 0 Å². The molecule has 0 atom stereocenters. The number of ketones is 1. The second kappa shape index (κ2) is 9.16. The van der Waals surface area contributed by atoms with Crippen molar-refractivity contribution in [3.8, 4) is 0 Å². The molecule has 4 heteroatoms. The van der Waals surface area contributed by atoms with Crippen molar-refractivity contribution in [3.05, 3.63) is 34.9 Å². The normalized spacial score (nSPS) is 16.0. The quantitative estimate of drug-likeness (QED) is 0.690. The number of nitrogens with zero attached hydrogens (tertiary/aromatic N) is 1. The van der Waals surface area contributed by atoms with Gasteiger partial charge < -0.3 is 9.47 Å². The van der Waals surface area contributed by atoms with Crippen molar-refractivity contribution in [2.75, 3.05) is 40.5 Å². The summed E-state index contributed by atoms with van der Waals surface area (Å²) in [5.74, 6) is 0.750. The molecule has 1 heterocycles. The first-order valence-corrected chi connectivity index (χ1v) is 8.48. The molecule has 0 unspecified atom stereocenters. The summed E-state index contributed by atoms with van der Waals surface area (Å²) < 4.78 is 10.5. The fourth-order valence-electron chi connectivity index (χ4n) is 3.03. The van der Waals surface area contributed by atoms with Gasteiger partial charge in [-0.05, 0) is 49.9 Å². The molecule has 1 aliphatic rings. The lowest BCUT2D eigenvalue weighted by molar-refractivity contribution is 0.0601. The van der Waals surface area contributed by atoms with Crippen molar-refractivity contribution in [2.24, 2.45) is 5.92 Å².